The van der Waals surface area contributed by atoms with E-state index in [1.54, 1.807) is 49.8 Å². The molecule has 0 saturated carbocycles. The van der Waals surface area contributed by atoms with E-state index < -0.39 is 15.4 Å². The molecule has 1 aliphatic rings. The molecule has 0 saturated heterocycles. The predicted molar refractivity (Wildman–Crippen MR) is 191 cm³/mol. The molecule has 6 rings (SSSR count). The summed E-state index contributed by atoms with van der Waals surface area (Å²) in [6, 6.07) is 24.3. The molecule has 1 unspecified atom stereocenters. The molecule has 0 bridgehead atoms. The maximum atomic E-state index is 13.6. The Morgan fingerprint density at radius 3 is 2.59 bits per heavy atom. The van der Waals surface area contributed by atoms with E-state index in [0.29, 0.717) is 53.7 Å². The van der Waals surface area contributed by atoms with Gasteiger partial charge in [0, 0.05) is 35.7 Å². The van der Waals surface area contributed by atoms with Crippen LogP contribution in [0.25, 0.3) is 10.9 Å². The Kier molecular flexibility index (Phi) is 10.8. The molecule has 0 aliphatic carbocycles. The average Bonchev–Trinajstić information content (AvgIpc) is 3.59. The Morgan fingerprint density at radius 2 is 1.84 bits per heavy atom. The number of halogens is 2. The largest absolute Gasteiger partial charge is 0.496 e. The molecule has 49 heavy (non-hydrogen) atoms. The molecular weight excluding hydrogens is 711 g/mol. The molecule has 0 spiro atoms. The quantitative estimate of drug-likeness (QED) is 0.104. The van der Waals surface area contributed by atoms with E-state index in [-0.39, 0.29) is 18.2 Å². The van der Waals surface area contributed by atoms with Gasteiger partial charge < -0.3 is 24.8 Å². The molecule has 254 valence electrons. The van der Waals surface area contributed by atoms with Crippen LogP contribution in [0.2, 0.25) is 0 Å². The minimum Gasteiger partial charge on any atom is -0.496 e. The minimum atomic E-state index is -3.35. The lowest BCUT2D eigenvalue weighted by atomic mass is 9.85. The number of sulfone groups is 1. The van der Waals surface area contributed by atoms with Crippen molar-refractivity contribution in [1.29, 1.82) is 0 Å². The van der Waals surface area contributed by atoms with Gasteiger partial charge in [0.2, 0.25) is 0 Å². The zero-order valence-corrected chi connectivity index (χ0v) is 29.3. The number of nitrogens with zero attached hydrogens (tertiary/aromatic N) is 2. The fourth-order valence-corrected chi connectivity index (χ4v) is 7.55. The van der Waals surface area contributed by atoms with Gasteiger partial charge in [0.25, 0.3) is 0 Å². The minimum absolute atomic E-state index is 0.0235. The number of hydrogen-bond donors (Lipinski definition) is 2. The van der Waals surface area contributed by atoms with Gasteiger partial charge in [0.05, 0.1) is 34.0 Å². The molecule has 1 aliphatic heterocycles. The summed E-state index contributed by atoms with van der Waals surface area (Å²) in [7, 11) is -1.72. The first-order valence-corrected chi connectivity index (χ1v) is 18.3. The molecule has 12 heteroatoms. The lowest BCUT2D eigenvalue weighted by Gasteiger charge is -2.31. The van der Waals surface area contributed by atoms with E-state index in [9.17, 15) is 12.8 Å². The summed E-state index contributed by atoms with van der Waals surface area (Å²) < 4.78 is 57.6. The SMILES string of the molecule is COc1cc2ncnc(Nc3ccc(OCc4cccc(F)c4)c(Br)c3)c2cc1C1(CCCNCCS(=O)(=O)c2ccccc2)CC=CO1. The number of aromatic nitrogens is 2. The highest BCUT2D eigenvalue weighted by Gasteiger charge is 2.38. The lowest BCUT2D eigenvalue weighted by Crippen LogP contribution is -2.29. The van der Waals surface area contributed by atoms with Gasteiger partial charge in [-0.15, -0.1) is 0 Å². The number of hydrogen-bond acceptors (Lipinski definition) is 9. The third-order valence-electron chi connectivity index (χ3n) is 8.35. The third-order valence-corrected chi connectivity index (χ3v) is 10.7. The van der Waals surface area contributed by atoms with Crippen LogP contribution in [-0.4, -0.2) is 44.3 Å². The summed E-state index contributed by atoms with van der Waals surface area (Å²) in [4.78, 5) is 9.40. The fourth-order valence-electron chi connectivity index (χ4n) is 5.84. The predicted octanol–water partition coefficient (Wildman–Crippen LogP) is 7.84. The van der Waals surface area contributed by atoms with Crippen molar-refractivity contribution in [2.45, 2.75) is 36.4 Å². The molecule has 1 atom stereocenters. The molecule has 9 nitrogen and oxygen atoms in total. The van der Waals surface area contributed by atoms with Crippen molar-refractivity contribution in [1.82, 2.24) is 15.3 Å². The van der Waals surface area contributed by atoms with Gasteiger partial charge in [-0.1, -0.05) is 30.3 Å². The van der Waals surface area contributed by atoms with E-state index in [1.165, 1.54) is 18.5 Å². The second-order valence-electron chi connectivity index (χ2n) is 11.7. The van der Waals surface area contributed by atoms with E-state index in [4.69, 9.17) is 14.2 Å². The summed E-state index contributed by atoms with van der Waals surface area (Å²) in [6.07, 6.45) is 7.28. The molecule has 0 amide bonds. The van der Waals surface area contributed by atoms with Gasteiger partial charge in [0.1, 0.15) is 41.7 Å². The summed E-state index contributed by atoms with van der Waals surface area (Å²) >= 11 is 3.59. The second-order valence-corrected chi connectivity index (χ2v) is 14.6. The van der Waals surface area contributed by atoms with Crippen LogP contribution in [0, 0.1) is 5.82 Å². The number of anilines is 2. The number of fused-ring (bicyclic) bond motifs is 1. The van der Waals surface area contributed by atoms with Crippen molar-refractivity contribution in [2.75, 3.05) is 31.3 Å². The number of methoxy groups -OCH3 is 1. The van der Waals surface area contributed by atoms with Crippen molar-refractivity contribution in [2.24, 2.45) is 0 Å². The Balaban J connectivity index is 1.15. The lowest BCUT2D eigenvalue weighted by molar-refractivity contribution is 0.0284. The number of ether oxygens (including phenoxy) is 3. The Morgan fingerprint density at radius 1 is 0.980 bits per heavy atom. The summed E-state index contributed by atoms with van der Waals surface area (Å²) in [5, 5.41) is 7.48. The van der Waals surface area contributed by atoms with Crippen molar-refractivity contribution in [3.8, 4) is 11.5 Å². The van der Waals surface area contributed by atoms with Crippen LogP contribution in [-0.2, 0) is 26.8 Å². The van der Waals surface area contributed by atoms with Gasteiger partial charge in [-0.2, -0.15) is 0 Å². The topological polar surface area (TPSA) is 112 Å². The highest BCUT2D eigenvalue weighted by atomic mass is 79.9. The first kappa shape index (κ1) is 34.3. The van der Waals surface area contributed by atoms with E-state index >= 15 is 0 Å². The van der Waals surface area contributed by atoms with Crippen LogP contribution in [0.5, 0.6) is 11.5 Å². The Hall–Kier alpha value is -4.52. The first-order valence-electron chi connectivity index (χ1n) is 15.8. The zero-order chi connectivity index (χ0) is 34.3. The standard InChI is InChI=1S/C37H36BrFN4O5S/c1-46-35-23-33-30(36(42-25-41-33)43-28-12-13-34(32(38)21-28)47-24-26-8-5-9-27(39)20-26)22-31(35)37(15-7-18-48-37)14-6-16-40-17-19-49(44,45)29-10-3-2-4-11-29/h2-5,7-13,18,20-23,25,40H,6,14-17,19,24H2,1H3,(H,41,42,43). The molecule has 5 aromatic rings. The van der Waals surface area contributed by atoms with Gasteiger partial charge in [-0.3, -0.25) is 0 Å². The average molecular weight is 748 g/mol. The fraction of sp³-hybridized carbons (Fsp3) is 0.243. The molecule has 0 fully saturated rings. The van der Waals surface area contributed by atoms with Gasteiger partial charge in [-0.25, -0.2) is 22.8 Å². The van der Waals surface area contributed by atoms with Crippen LogP contribution < -0.4 is 20.1 Å². The van der Waals surface area contributed by atoms with Crippen LogP contribution in [0.3, 0.4) is 0 Å². The van der Waals surface area contributed by atoms with Gasteiger partial charge in [-0.05, 0) is 95.5 Å². The van der Waals surface area contributed by atoms with Crippen molar-refractivity contribution in [3.63, 3.8) is 0 Å². The van der Waals surface area contributed by atoms with Crippen LogP contribution >= 0.6 is 15.9 Å². The maximum Gasteiger partial charge on any atom is 0.179 e. The second kappa shape index (κ2) is 15.4. The monoisotopic (exact) mass is 746 g/mol. The van der Waals surface area contributed by atoms with Gasteiger partial charge >= 0.3 is 0 Å². The number of rotatable bonds is 15. The molecule has 2 heterocycles. The first-order chi connectivity index (χ1) is 23.8. The molecule has 4 aromatic carbocycles. The van der Waals surface area contributed by atoms with E-state index in [2.05, 4.69) is 36.5 Å². The smallest absolute Gasteiger partial charge is 0.179 e. The molecule has 2 N–H and O–H groups in total. The van der Waals surface area contributed by atoms with Crippen LogP contribution in [0.15, 0.2) is 113 Å². The molecular formula is C37H36BrFN4O5S. The van der Waals surface area contributed by atoms with Crippen LogP contribution in [0.4, 0.5) is 15.9 Å². The summed E-state index contributed by atoms with van der Waals surface area (Å²) in [5.74, 6) is 1.60. The van der Waals surface area contributed by atoms with Crippen molar-refractivity contribution < 1.29 is 27.0 Å². The molecule has 1 aromatic heterocycles. The number of nitrogens with one attached hydrogen (secondary N) is 2. The van der Waals surface area contributed by atoms with Gasteiger partial charge in [0.15, 0.2) is 9.84 Å². The summed E-state index contributed by atoms with van der Waals surface area (Å²) in [6.45, 7) is 1.21. The maximum absolute atomic E-state index is 13.6. The Labute approximate surface area is 293 Å². The normalized spacial score (nSPS) is 15.7. The molecule has 0 radical (unpaired) electrons. The Bertz CT molecular complexity index is 2060. The third kappa shape index (κ3) is 8.21. The van der Waals surface area contributed by atoms with Crippen molar-refractivity contribution in [3.05, 3.63) is 125 Å². The highest BCUT2D eigenvalue weighted by Crippen LogP contribution is 2.45. The van der Waals surface area contributed by atoms with Crippen molar-refractivity contribution >= 4 is 48.2 Å². The summed E-state index contributed by atoms with van der Waals surface area (Å²) in [5.41, 5.74) is 2.41. The van der Waals surface area contributed by atoms with E-state index in [1.807, 2.05) is 42.5 Å². The van der Waals surface area contributed by atoms with E-state index in [0.717, 1.165) is 33.1 Å². The number of benzene rings is 4. The zero-order valence-electron chi connectivity index (χ0n) is 26.9. The van der Waals surface area contributed by atoms with Crippen LogP contribution in [0.1, 0.15) is 30.4 Å². The highest BCUT2D eigenvalue weighted by molar-refractivity contribution is 9.10.